The Labute approximate surface area is 254 Å². The molecule has 1 spiro atoms. The van der Waals surface area contributed by atoms with Gasteiger partial charge in [0.15, 0.2) is 0 Å². The minimum absolute atomic E-state index is 0. The fraction of sp³-hybridized carbons (Fsp3) is 0.368. The smallest absolute Gasteiger partial charge is 0.0272 e. The van der Waals surface area contributed by atoms with Crippen molar-refractivity contribution in [3.63, 3.8) is 0 Å². The molecule has 0 saturated heterocycles. The summed E-state index contributed by atoms with van der Waals surface area (Å²) >= 11 is 0. The Morgan fingerprint density at radius 1 is 0.575 bits per heavy atom. The van der Waals surface area contributed by atoms with E-state index in [-0.39, 0.29) is 26.5 Å². The number of hydrogen-bond acceptors (Lipinski definition) is 0. The Bertz CT molecular complexity index is 1650. The van der Waals surface area contributed by atoms with Gasteiger partial charge in [-0.1, -0.05) is 107 Å². The largest absolute Gasteiger partial charge is 0.657 e. The van der Waals surface area contributed by atoms with Gasteiger partial charge >= 0.3 is 0 Å². The number of rotatable bonds is 1. The molecule has 0 aliphatic heterocycles. The summed E-state index contributed by atoms with van der Waals surface area (Å²) in [6.45, 7) is 8.00. The molecule has 5 aliphatic rings. The summed E-state index contributed by atoms with van der Waals surface area (Å²) in [5, 5.41) is 2.53. The molecule has 1 heterocycles. The number of para-hydroxylation sites is 1. The third kappa shape index (κ3) is 3.69. The fourth-order valence-corrected chi connectivity index (χ4v) is 9.39. The average Bonchev–Trinajstić information content (AvgIpc) is 3.51. The molecule has 2 heteroatoms. The van der Waals surface area contributed by atoms with Gasteiger partial charge in [-0.05, 0) is 106 Å². The Kier molecular flexibility index (Phi) is 7.33. The van der Waals surface area contributed by atoms with Crippen LogP contribution >= 0.6 is 0 Å². The van der Waals surface area contributed by atoms with Gasteiger partial charge in [0.25, 0.3) is 0 Å². The van der Waals surface area contributed by atoms with E-state index in [1.54, 1.807) is 11.1 Å². The van der Waals surface area contributed by atoms with Crippen molar-refractivity contribution < 1.29 is 21.1 Å². The normalized spacial score (nSPS) is 26.4. The van der Waals surface area contributed by atoms with Crippen LogP contribution < -0.4 is 4.98 Å². The predicted octanol–water partition coefficient (Wildman–Crippen LogP) is 10.4. The number of nitrogens with zero attached hydrogens (tertiary/aromatic N) is 1. The van der Waals surface area contributed by atoms with Crippen LogP contribution in [0, 0.1) is 23.7 Å². The van der Waals surface area contributed by atoms with E-state index >= 15 is 0 Å². The van der Waals surface area contributed by atoms with Crippen LogP contribution in [0.5, 0.6) is 0 Å². The van der Waals surface area contributed by atoms with E-state index in [0.717, 1.165) is 34.7 Å². The van der Waals surface area contributed by atoms with Crippen LogP contribution in [0.4, 0.5) is 0 Å². The number of hydrogen-bond donors (Lipinski definition) is 0. The maximum absolute atomic E-state index is 4.88. The molecule has 5 aliphatic carbocycles. The summed E-state index contributed by atoms with van der Waals surface area (Å²) in [6.07, 6.45) is 7.23. The van der Waals surface area contributed by atoms with Gasteiger partial charge in [0, 0.05) is 26.5 Å². The Morgan fingerprint density at radius 3 is 1.93 bits per heavy atom. The van der Waals surface area contributed by atoms with Gasteiger partial charge in [-0.25, -0.2) is 0 Å². The van der Waals surface area contributed by atoms with E-state index < -0.39 is 0 Å². The molecule has 0 N–H and O–H groups in total. The van der Waals surface area contributed by atoms with E-state index in [1.807, 2.05) is 27.7 Å². The maximum Gasteiger partial charge on any atom is 0.0272 e. The van der Waals surface area contributed by atoms with Gasteiger partial charge in [0.2, 0.25) is 0 Å². The van der Waals surface area contributed by atoms with Crippen LogP contribution in [-0.4, -0.2) is 0 Å². The van der Waals surface area contributed by atoms with Crippen molar-refractivity contribution in [3.05, 3.63) is 96.1 Å². The zero-order valence-electron chi connectivity index (χ0n) is 24.3. The molecule has 4 aromatic carbocycles. The Morgan fingerprint density at radius 2 is 1.18 bits per heavy atom. The molecule has 1 aromatic heterocycles. The van der Waals surface area contributed by atoms with Crippen molar-refractivity contribution in [1.82, 2.24) is 4.98 Å². The van der Waals surface area contributed by atoms with E-state index in [4.69, 9.17) is 4.98 Å². The van der Waals surface area contributed by atoms with Crippen LogP contribution in [0.2, 0.25) is 0 Å². The summed E-state index contributed by atoms with van der Waals surface area (Å²) < 4.78 is 0. The SMILES string of the molecule is CC.CC.[W].c1ccc2c(c1)-c1c(-c3ccc4[n-]c5ccccc5c4c3)cccc1C21C2CC3CC(C2)CC1C3. The molecule has 10 rings (SSSR count). The molecule has 4 saturated carbocycles. The van der Waals surface area contributed by atoms with Crippen LogP contribution in [0.3, 0.4) is 0 Å². The third-order valence-electron chi connectivity index (χ3n) is 10.3. The predicted molar refractivity (Wildman–Crippen MR) is 166 cm³/mol. The Hall–Kier alpha value is -2.63. The molecule has 0 atom stereocenters. The van der Waals surface area contributed by atoms with Crippen LogP contribution in [0.1, 0.15) is 70.9 Å². The van der Waals surface area contributed by atoms with Gasteiger partial charge in [-0.15, -0.1) is 11.0 Å². The molecule has 1 nitrogen and oxygen atoms in total. The summed E-state index contributed by atoms with van der Waals surface area (Å²) in [7, 11) is 0. The first-order chi connectivity index (χ1) is 19.3. The summed E-state index contributed by atoms with van der Waals surface area (Å²) in [4.78, 5) is 4.88. The molecule has 0 radical (unpaired) electrons. The van der Waals surface area contributed by atoms with Crippen molar-refractivity contribution in [2.45, 2.75) is 65.2 Å². The first-order valence-electron chi connectivity index (χ1n) is 15.5. The van der Waals surface area contributed by atoms with Crippen LogP contribution in [0.25, 0.3) is 44.1 Å². The topological polar surface area (TPSA) is 14.1 Å². The zero-order chi connectivity index (χ0) is 26.7. The third-order valence-corrected chi connectivity index (χ3v) is 10.3. The van der Waals surface area contributed by atoms with Crippen molar-refractivity contribution in [3.8, 4) is 22.3 Å². The monoisotopic (exact) mass is 694 g/mol. The maximum atomic E-state index is 4.88. The van der Waals surface area contributed by atoms with Crippen LogP contribution in [0.15, 0.2) is 84.9 Å². The van der Waals surface area contributed by atoms with E-state index in [9.17, 15) is 0 Å². The van der Waals surface area contributed by atoms with Crippen molar-refractivity contribution in [1.29, 1.82) is 0 Å². The van der Waals surface area contributed by atoms with Gasteiger partial charge < -0.3 is 4.98 Å². The van der Waals surface area contributed by atoms with E-state index in [1.165, 1.54) is 65.1 Å². The molecule has 4 bridgehead atoms. The first kappa shape index (κ1) is 27.5. The van der Waals surface area contributed by atoms with Crippen molar-refractivity contribution in [2.24, 2.45) is 23.7 Å². The number of benzene rings is 4. The molecule has 0 amide bonds. The summed E-state index contributed by atoms with van der Waals surface area (Å²) in [6, 6.07) is 32.1. The zero-order valence-corrected chi connectivity index (χ0v) is 27.2. The van der Waals surface area contributed by atoms with Gasteiger partial charge in [0.1, 0.15) is 0 Å². The second-order valence-corrected chi connectivity index (χ2v) is 11.8. The summed E-state index contributed by atoms with van der Waals surface area (Å²) in [5.74, 6) is 3.57. The fourth-order valence-electron chi connectivity index (χ4n) is 9.39. The molecule has 5 aromatic rings. The second-order valence-electron chi connectivity index (χ2n) is 11.8. The van der Waals surface area contributed by atoms with E-state index in [2.05, 4.69) is 84.9 Å². The molecular weight excluding hydrogens is 654 g/mol. The minimum atomic E-state index is 0. The van der Waals surface area contributed by atoms with Crippen LogP contribution in [-0.2, 0) is 26.5 Å². The quantitative estimate of drug-likeness (QED) is 0.170. The molecule has 4 fully saturated rings. The van der Waals surface area contributed by atoms with E-state index in [0.29, 0.717) is 0 Å². The molecule has 204 valence electrons. The molecular formula is C38H40NW-. The standard InChI is InChI=1S/C34H28N.2C2H6.W/c1-3-9-29-27(7-1)33-25(22-12-13-32-28(19-22)26-6-2-4-11-31(26)35-32)8-5-10-30(33)34(29)23-15-20-14-21(17-23)18-24(34)16-20;2*1-2;/h1-13,19-21,23-24H,14-18H2;2*1-2H3;/q-1;;;. The Balaban J connectivity index is 0.000000556. The van der Waals surface area contributed by atoms with Crippen molar-refractivity contribution in [2.75, 3.05) is 0 Å². The average molecular weight is 695 g/mol. The number of aromatic nitrogens is 1. The van der Waals surface area contributed by atoms with Gasteiger partial charge in [-0.3, -0.25) is 0 Å². The molecule has 0 unspecified atom stereocenters. The second kappa shape index (κ2) is 10.6. The summed E-state index contributed by atoms with van der Waals surface area (Å²) in [5.41, 5.74) is 11.4. The first-order valence-corrected chi connectivity index (χ1v) is 15.5. The van der Waals surface area contributed by atoms with Crippen molar-refractivity contribution >= 4 is 21.8 Å². The molecule has 40 heavy (non-hydrogen) atoms. The van der Waals surface area contributed by atoms with Gasteiger partial charge in [-0.2, -0.15) is 0 Å². The van der Waals surface area contributed by atoms with Gasteiger partial charge in [0.05, 0.1) is 0 Å². The number of fused-ring (bicyclic) bond motifs is 6. The minimum Gasteiger partial charge on any atom is -0.657 e.